The Morgan fingerprint density at radius 3 is 2.85 bits per heavy atom. The molecule has 1 N–H and O–H groups in total. The summed E-state index contributed by atoms with van der Waals surface area (Å²) in [5.41, 5.74) is 0.488. The van der Waals surface area contributed by atoms with E-state index in [1.54, 1.807) is 6.08 Å². The average molecular weight is 178 g/mol. The zero-order valence-corrected chi connectivity index (χ0v) is 8.13. The molecule has 0 bridgehead atoms. The van der Waals surface area contributed by atoms with Gasteiger partial charge in [0.25, 0.3) is 0 Å². The van der Waals surface area contributed by atoms with Gasteiger partial charge in [-0.2, -0.15) is 0 Å². The fourth-order valence-electron chi connectivity index (χ4n) is 1.92. The highest BCUT2D eigenvalue weighted by molar-refractivity contribution is 5.23. The van der Waals surface area contributed by atoms with Crippen molar-refractivity contribution in [2.24, 2.45) is 0 Å². The summed E-state index contributed by atoms with van der Waals surface area (Å²) in [4.78, 5) is 0. The first-order chi connectivity index (χ1) is 6.23. The van der Waals surface area contributed by atoms with Crippen molar-refractivity contribution in [3.8, 4) is 0 Å². The molecule has 0 aromatic carbocycles. The van der Waals surface area contributed by atoms with Gasteiger partial charge in [-0.1, -0.05) is 18.2 Å². The molecule has 0 saturated heterocycles. The highest BCUT2D eigenvalue weighted by Crippen LogP contribution is 2.34. The Kier molecular flexibility index (Phi) is 3.49. The first-order valence-corrected chi connectivity index (χ1v) is 4.86. The topological polar surface area (TPSA) is 20.2 Å². The second-order valence-corrected chi connectivity index (χ2v) is 3.64. The van der Waals surface area contributed by atoms with E-state index in [4.69, 9.17) is 0 Å². The zero-order valence-electron chi connectivity index (χ0n) is 8.13. The van der Waals surface area contributed by atoms with Crippen LogP contribution in [0.4, 0.5) is 0 Å². The lowest BCUT2D eigenvalue weighted by Crippen LogP contribution is -2.32. The van der Waals surface area contributed by atoms with Crippen LogP contribution in [0.1, 0.15) is 32.1 Å². The van der Waals surface area contributed by atoms with Gasteiger partial charge in [0.1, 0.15) is 0 Å². The molecule has 0 heterocycles. The van der Waals surface area contributed by atoms with E-state index in [1.165, 1.54) is 0 Å². The Hall–Kier alpha value is -0.820. The van der Waals surface area contributed by atoms with Crippen molar-refractivity contribution in [3.05, 3.63) is 37.0 Å². The van der Waals surface area contributed by atoms with Crippen LogP contribution in [0.2, 0.25) is 0 Å². The van der Waals surface area contributed by atoms with Crippen molar-refractivity contribution < 1.29 is 5.11 Å². The van der Waals surface area contributed by atoms with Gasteiger partial charge in [0.2, 0.25) is 0 Å². The van der Waals surface area contributed by atoms with Gasteiger partial charge in [-0.25, -0.2) is 0 Å². The number of aliphatic hydroxyl groups is 1. The van der Waals surface area contributed by atoms with Crippen molar-refractivity contribution in [1.82, 2.24) is 0 Å². The lowest BCUT2D eigenvalue weighted by molar-refractivity contribution is 0.0627. The molecule has 0 fully saturated rings. The third kappa shape index (κ3) is 2.31. The van der Waals surface area contributed by atoms with Crippen LogP contribution >= 0.6 is 0 Å². The molecule has 0 unspecified atom stereocenters. The molecule has 1 nitrogen and oxygen atoms in total. The predicted molar refractivity (Wildman–Crippen MR) is 56.5 cm³/mol. The minimum Gasteiger partial charge on any atom is -0.385 e. The molecule has 0 radical (unpaired) electrons. The maximum Gasteiger partial charge on any atom is 0.0894 e. The van der Waals surface area contributed by atoms with E-state index in [2.05, 4.69) is 19.2 Å². The van der Waals surface area contributed by atoms with Crippen LogP contribution in [0.5, 0.6) is 0 Å². The molecule has 1 rings (SSSR count). The predicted octanol–water partition coefficient (Wildman–Crippen LogP) is 2.98. The van der Waals surface area contributed by atoms with E-state index < -0.39 is 5.60 Å². The minimum absolute atomic E-state index is 0.631. The van der Waals surface area contributed by atoms with Crippen molar-refractivity contribution in [2.45, 2.75) is 37.7 Å². The standard InChI is InChI=1S/C12H18O/c1-3-7-11-8-5-6-10-12(11,13)9-4-2/h3-4,8,13H,1-2,5-7,9-10H2/t12-/m0/s1. The smallest absolute Gasteiger partial charge is 0.0894 e. The summed E-state index contributed by atoms with van der Waals surface area (Å²) >= 11 is 0. The summed E-state index contributed by atoms with van der Waals surface area (Å²) in [6, 6.07) is 0. The van der Waals surface area contributed by atoms with Crippen LogP contribution in [-0.2, 0) is 0 Å². The van der Waals surface area contributed by atoms with Gasteiger partial charge in [-0.3, -0.25) is 0 Å². The van der Waals surface area contributed by atoms with Gasteiger partial charge in [0.05, 0.1) is 5.60 Å². The van der Waals surface area contributed by atoms with Gasteiger partial charge in [-0.05, 0) is 37.7 Å². The lowest BCUT2D eigenvalue weighted by atomic mass is 9.79. The Morgan fingerprint density at radius 1 is 1.46 bits per heavy atom. The van der Waals surface area contributed by atoms with Gasteiger partial charge in [-0.15, -0.1) is 13.2 Å². The Morgan fingerprint density at radius 2 is 2.23 bits per heavy atom. The second kappa shape index (κ2) is 4.43. The minimum atomic E-state index is -0.631. The molecule has 72 valence electrons. The largest absolute Gasteiger partial charge is 0.385 e. The monoisotopic (exact) mass is 178 g/mol. The molecule has 13 heavy (non-hydrogen) atoms. The van der Waals surface area contributed by atoms with Crippen LogP contribution in [0.3, 0.4) is 0 Å². The first-order valence-electron chi connectivity index (χ1n) is 4.86. The van der Waals surface area contributed by atoms with Crippen LogP contribution in [0.25, 0.3) is 0 Å². The third-order valence-electron chi connectivity index (χ3n) is 2.63. The number of rotatable bonds is 4. The van der Waals surface area contributed by atoms with E-state index >= 15 is 0 Å². The van der Waals surface area contributed by atoms with Crippen LogP contribution in [-0.4, -0.2) is 10.7 Å². The fraction of sp³-hybridized carbons (Fsp3) is 0.500. The van der Waals surface area contributed by atoms with E-state index in [-0.39, 0.29) is 0 Å². The lowest BCUT2D eigenvalue weighted by Gasteiger charge is -2.33. The van der Waals surface area contributed by atoms with Gasteiger partial charge < -0.3 is 5.11 Å². The second-order valence-electron chi connectivity index (χ2n) is 3.64. The Bertz CT molecular complexity index is 227. The van der Waals surface area contributed by atoms with E-state index in [9.17, 15) is 5.11 Å². The summed E-state index contributed by atoms with van der Waals surface area (Å²) in [7, 11) is 0. The van der Waals surface area contributed by atoms with Crippen LogP contribution in [0, 0.1) is 0 Å². The summed E-state index contributed by atoms with van der Waals surface area (Å²) < 4.78 is 0. The normalized spacial score (nSPS) is 27.9. The maximum atomic E-state index is 10.3. The fourth-order valence-corrected chi connectivity index (χ4v) is 1.92. The maximum absolute atomic E-state index is 10.3. The van der Waals surface area contributed by atoms with Gasteiger partial charge in [0.15, 0.2) is 0 Å². The van der Waals surface area contributed by atoms with E-state index in [1.807, 2.05) is 6.08 Å². The number of hydrogen-bond acceptors (Lipinski definition) is 1. The zero-order chi connectivity index (χ0) is 9.73. The highest BCUT2D eigenvalue weighted by atomic mass is 16.3. The average Bonchev–Trinajstić information content (AvgIpc) is 2.10. The highest BCUT2D eigenvalue weighted by Gasteiger charge is 2.30. The molecule has 1 heteroatoms. The quantitative estimate of drug-likeness (QED) is 0.656. The molecule has 0 aromatic rings. The van der Waals surface area contributed by atoms with Crippen molar-refractivity contribution in [3.63, 3.8) is 0 Å². The summed E-state index contributed by atoms with van der Waals surface area (Å²) in [6.07, 6.45) is 10.3. The van der Waals surface area contributed by atoms with E-state index in [0.717, 1.165) is 31.3 Å². The Labute approximate surface area is 80.5 Å². The number of allylic oxidation sites excluding steroid dienone is 2. The first kappa shape index (κ1) is 10.3. The molecule has 1 aliphatic carbocycles. The molecule has 0 aromatic heterocycles. The van der Waals surface area contributed by atoms with Crippen molar-refractivity contribution in [1.29, 1.82) is 0 Å². The van der Waals surface area contributed by atoms with Crippen LogP contribution in [0.15, 0.2) is 37.0 Å². The van der Waals surface area contributed by atoms with Crippen molar-refractivity contribution in [2.75, 3.05) is 0 Å². The summed E-state index contributed by atoms with van der Waals surface area (Å²) in [6.45, 7) is 7.38. The van der Waals surface area contributed by atoms with Gasteiger partial charge in [0, 0.05) is 0 Å². The molecule has 0 saturated carbocycles. The van der Waals surface area contributed by atoms with Crippen LogP contribution < -0.4 is 0 Å². The molecular weight excluding hydrogens is 160 g/mol. The van der Waals surface area contributed by atoms with E-state index in [0.29, 0.717) is 6.42 Å². The molecular formula is C12H18O. The SMILES string of the molecule is C=CCC1=CCCC[C@@]1(O)CC=C. The molecule has 1 atom stereocenters. The number of hydrogen-bond donors (Lipinski definition) is 1. The molecule has 0 amide bonds. The Balaban J connectivity index is 2.79. The summed E-state index contributed by atoms with van der Waals surface area (Å²) in [5, 5.41) is 10.3. The molecule has 0 spiro atoms. The molecule has 0 aliphatic heterocycles. The summed E-state index contributed by atoms with van der Waals surface area (Å²) in [5.74, 6) is 0. The van der Waals surface area contributed by atoms with Crippen molar-refractivity contribution >= 4 is 0 Å². The molecule has 1 aliphatic rings. The van der Waals surface area contributed by atoms with Gasteiger partial charge >= 0.3 is 0 Å². The third-order valence-corrected chi connectivity index (χ3v) is 2.63.